The van der Waals surface area contributed by atoms with Crippen LogP contribution in [0.4, 0.5) is 0 Å². The predicted molar refractivity (Wildman–Crippen MR) is 84.7 cm³/mol. The fourth-order valence-electron chi connectivity index (χ4n) is 2.21. The number of fused-ring (bicyclic) bond motifs is 1. The molecule has 0 atom stereocenters. The number of nitrogens with zero attached hydrogens (tertiary/aromatic N) is 1. The number of ether oxygens (including phenoxy) is 1. The summed E-state index contributed by atoms with van der Waals surface area (Å²) in [6, 6.07) is 12.3. The van der Waals surface area contributed by atoms with Crippen molar-refractivity contribution in [2.45, 2.75) is 13.3 Å². The van der Waals surface area contributed by atoms with Crippen molar-refractivity contribution >= 4 is 23.3 Å². The number of carbonyl (C=O) groups excluding carboxylic acids is 1. The minimum atomic E-state index is -0.513. The van der Waals surface area contributed by atoms with E-state index in [4.69, 9.17) is 21.2 Å². The summed E-state index contributed by atoms with van der Waals surface area (Å²) in [5.74, 6) is 0.398. The highest BCUT2D eigenvalue weighted by Gasteiger charge is 2.13. The zero-order valence-corrected chi connectivity index (χ0v) is 12.8. The highest BCUT2D eigenvalue weighted by molar-refractivity contribution is 6.30. The van der Waals surface area contributed by atoms with Gasteiger partial charge in [-0.1, -0.05) is 16.8 Å². The van der Waals surface area contributed by atoms with Crippen molar-refractivity contribution in [1.29, 1.82) is 0 Å². The summed E-state index contributed by atoms with van der Waals surface area (Å²) < 4.78 is 5.46. The summed E-state index contributed by atoms with van der Waals surface area (Å²) in [6.07, 6.45) is 0.890. The Hall–Kier alpha value is -2.33. The normalized spacial score (nSPS) is 13.5. The molecule has 0 aliphatic carbocycles. The maximum atomic E-state index is 11.9. The molecule has 4 nitrogen and oxygen atoms in total. The van der Waals surface area contributed by atoms with Crippen LogP contribution in [0, 0.1) is 0 Å². The van der Waals surface area contributed by atoms with Crippen molar-refractivity contribution in [3.05, 3.63) is 64.2 Å². The number of oxime groups is 1. The molecule has 2 aromatic rings. The third kappa shape index (κ3) is 3.12. The Balaban J connectivity index is 1.72. The van der Waals surface area contributed by atoms with Crippen molar-refractivity contribution in [3.63, 3.8) is 0 Å². The van der Waals surface area contributed by atoms with Crippen LogP contribution in [0.5, 0.6) is 5.75 Å². The zero-order chi connectivity index (χ0) is 15.5. The first kappa shape index (κ1) is 14.6. The van der Waals surface area contributed by atoms with Crippen molar-refractivity contribution in [1.82, 2.24) is 0 Å². The molecule has 5 heteroatoms. The first-order valence-electron chi connectivity index (χ1n) is 6.91. The lowest BCUT2D eigenvalue weighted by Gasteiger charge is -2.04. The van der Waals surface area contributed by atoms with Gasteiger partial charge in [0.1, 0.15) is 5.75 Å². The van der Waals surface area contributed by atoms with Crippen molar-refractivity contribution in [2.75, 3.05) is 6.61 Å². The molecule has 22 heavy (non-hydrogen) atoms. The van der Waals surface area contributed by atoms with Crippen LogP contribution >= 0.6 is 11.6 Å². The van der Waals surface area contributed by atoms with E-state index >= 15 is 0 Å². The van der Waals surface area contributed by atoms with Crippen LogP contribution < -0.4 is 4.74 Å². The van der Waals surface area contributed by atoms with E-state index in [1.807, 2.05) is 18.2 Å². The molecule has 0 fully saturated rings. The van der Waals surface area contributed by atoms with Crippen LogP contribution in [0.25, 0.3) is 0 Å². The number of rotatable bonds is 3. The van der Waals surface area contributed by atoms with Gasteiger partial charge in [0.25, 0.3) is 0 Å². The molecule has 0 spiro atoms. The molecule has 1 aliphatic heterocycles. The molecule has 0 saturated heterocycles. The van der Waals surface area contributed by atoms with Gasteiger partial charge in [0.15, 0.2) is 0 Å². The van der Waals surface area contributed by atoms with E-state index in [1.165, 1.54) is 0 Å². The average molecular weight is 316 g/mol. The number of hydrogen-bond acceptors (Lipinski definition) is 4. The Morgan fingerprint density at radius 1 is 1.18 bits per heavy atom. The van der Waals surface area contributed by atoms with Gasteiger partial charge in [0.2, 0.25) is 0 Å². The van der Waals surface area contributed by atoms with E-state index in [0.717, 1.165) is 23.3 Å². The Morgan fingerprint density at radius 3 is 2.68 bits per heavy atom. The standard InChI is InChI=1S/C17H14ClNO3/c1-11(13-4-7-16-14(10-13)8-9-21-16)19-22-17(20)12-2-5-15(18)6-3-12/h2-7,10H,8-9H2,1H3/b19-11+. The van der Waals surface area contributed by atoms with Gasteiger partial charge in [-0.15, -0.1) is 0 Å². The molecule has 1 aliphatic rings. The molecule has 1 heterocycles. The van der Waals surface area contributed by atoms with Gasteiger partial charge in [-0.2, -0.15) is 0 Å². The molecular weight excluding hydrogens is 302 g/mol. The predicted octanol–water partition coefficient (Wildman–Crippen LogP) is 3.86. The van der Waals surface area contributed by atoms with E-state index in [1.54, 1.807) is 31.2 Å². The molecule has 0 bridgehead atoms. The summed E-state index contributed by atoms with van der Waals surface area (Å²) in [6.45, 7) is 2.51. The number of halogens is 1. The fraction of sp³-hybridized carbons (Fsp3) is 0.176. The van der Waals surface area contributed by atoms with Gasteiger partial charge >= 0.3 is 5.97 Å². The molecule has 3 rings (SSSR count). The Bertz CT molecular complexity index is 738. The second kappa shape index (κ2) is 6.20. The Morgan fingerprint density at radius 2 is 1.91 bits per heavy atom. The second-order valence-corrected chi connectivity index (χ2v) is 5.42. The van der Waals surface area contributed by atoms with Gasteiger partial charge in [-0.25, -0.2) is 4.79 Å². The minimum Gasteiger partial charge on any atom is -0.493 e. The van der Waals surface area contributed by atoms with Gasteiger partial charge in [0, 0.05) is 11.4 Å². The average Bonchev–Trinajstić information content (AvgIpc) is 3.00. The lowest BCUT2D eigenvalue weighted by Crippen LogP contribution is -2.04. The van der Waals surface area contributed by atoms with Gasteiger partial charge < -0.3 is 9.57 Å². The minimum absolute atomic E-state index is 0.406. The molecule has 0 N–H and O–H groups in total. The molecule has 0 amide bonds. The van der Waals surface area contributed by atoms with E-state index in [0.29, 0.717) is 22.9 Å². The topological polar surface area (TPSA) is 47.9 Å². The highest BCUT2D eigenvalue weighted by atomic mass is 35.5. The Labute approximate surface area is 133 Å². The monoisotopic (exact) mass is 315 g/mol. The second-order valence-electron chi connectivity index (χ2n) is 4.98. The molecule has 0 radical (unpaired) electrons. The molecule has 112 valence electrons. The van der Waals surface area contributed by atoms with E-state index in [-0.39, 0.29) is 0 Å². The summed E-state index contributed by atoms with van der Waals surface area (Å²) in [5.41, 5.74) is 3.10. The molecule has 0 saturated carbocycles. The molecule has 2 aromatic carbocycles. The lowest BCUT2D eigenvalue weighted by molar-refractivity contribution is 0.0516. The smallest absolute Gasteiger partial charge is 0.365 e. The van der Waals surface area contributed by atoms with Gasteiger partial charge in [-0.3, -0.25) is 0 Å². The van der Waals surface area contributed by atoms with Crippen molar-refractivity contribution < 1.29 is 14.4 Å². The summed E-state index contributed by atoms with van der Waals surface area (Å²) >= 11 is 5.78. The first-order chi connectivity index (χ1) is 10.6. The SMILES string of the molecule is C/C(=N\OC(=O)c1ccc(Cl)cc1)c1ccc2c(c1)CCO2. The number of benzene rings is 2. The maximum absolute atomic E-state index is 11.9. The molecule has 0 unspecified atom stereocenters. The van der Waals surface area contributed by atoms with E-state index in [2.05, 4.69) is 5.16 Å². The van der Waals surface area contributed by atoms with Crippen LogP contribution in [-0.2, 0) is 11.3 Å². The van der Waals surface area contributed by atoms with Crippen molar-refractivity contribution in [2.24, 2.45) is 5.16 Å². The van der Waals surface area contributed by atoms with Gasteiger partial charge in [-0.05, 0) is 60.5 Å². The van der Waals surface area contributed by atoms with E-state index < -0.39 is 5.97 Å². The number of carbonyl (C=O) groups is 1. The maximum Gasteiger partial charge on any atom is 0.365 e. The zero-order valence-electron chi connectivity index (χ0n) is 12.0. The summed E-state index contributed by atoms with van der Waals surface area (Å²) in [4.78, 5) is 16.9. The highest BCUT2D eigenvalue weighted by Crippen LogP contribution is 2.26. The first-order valence-corrected chi connectivity index (χ1v) is 7.29. The van der Waals surface area contributed by atoms with Crippen LogP contribution in [0.2, 0.25) is 5.02 Å². The fourth-order valence-corrected chi connectivity index (χ4v) is 2.34. The molecular formula is C17H14ClNO3. The Kier molecular flexibility index (Phi) is 4.11. The van der Waals surface area contributed by atoms with Crippen LogP contribution in [0.1, 0.15) is 28.4 Å². The quantitative estimate of drug-likeness (QED) is 0.491. The van der Waals surface area contributed by atoms with Crippen molar-refractivity contribution in [3.8, 4) is 5.75 Å². The number of hydrogen-bond donors (Lipinski definition) is 0. The van der Waals surface area contributed by atoms with Gasteiger partial charge in [0.05, 0.1) is 17.9 Å². The van der Waals surface area contributed by atoms with Crippen LogP contribution in [0.15, 0.2) is 47.6 Å². The lowest BCUT2D eigenvalue weighted by atomic mass is 10.1. The molecule has 0 aromatic heterocycles. The third-order valence-electron chi connectivity index (χ3n) is 3.45. The largest absolute Gasteiger partial charge is 0.493 e. The van der Waals surface area contributed by atoms with Crippen LogP contribution in [0.3, 0.4) is 0 Å². The summed E-state index contributed by atoms with van der Waals surface area (Å²) in [5, 5.41) is 4.48. The summed E-state index contributed by atoms with van der Waals surface area (Å²) in [7, 11) is 0. The third-order valence-corrected chi connectivity index (χ3v) is 3.70. The van der Waals surface area contributed by atoms with Crippen LogP contribution in [-0.4, -0.2) is 18.3 Å². The van der Waals surface area contributed by atoms with E-state index in [9.17, 15) is 4.79 Å².